The van der Waals surface area contributed by atoms with Crippen LogP contribution in [0.1, 0.15) is 34.6 Å². The van der Waals surface area contributed by atoms with Gasteiger partial charge in [0.25, 0.3) is 0 Å². The molecule has 0 spiro atoms. The summed E-state index contributed by atoms with van der Waals surface area (Å²) < 4.78 is 5.82. The van der Waals surface area contributed by atoms with E-state index >= 15 is 0 Å². The second-order valence-electron chi connectivity index (χ2n) is 5.83. The van der Waals surface area contributed by atoms with Crippen LogP contribution in [0, 0.1) is 5.92 Å². The van der Waals surface area contributed by atoms with Gasteiger partial charge in [0.05, 0.1) is 22.5 Å². The Labute approximate surface area is 125 Å². The van der Waals surface area contributed by atoms with Gasteiger partial charge in [-0.15, -0.1) is 0 Å². The number of fused-ring (bicyclic) bond motifs is 2. The monoisotopic (exact) mass is 338 g/mol. The molecule has 1 aromatic rings. The maximum atomic E-state index is 12.6. The Morgan fingerprint density at radius 1 is 1.15 bits per heavy atom. The molecule has 4 nitrogen and oxygen atoms in total. The Kier molecular flexibility index (Phi) is 3.12. The van der Waals surface area contributed by atoms with Gasteiger partial charge in [-0.1, -0.05) is 40.2 Å². The number of hydrogen-bond acceptors (Lipinski definition) is 4. The Morgan fingerprint density at radius 3 is 2.30 bits per heavy atom. The first kappa shape index (κ1) is 13.9. The molecule has 0 amide bonds. The number of benzene rings is 1. The smallest absolute Gasteiger partial charge is 0.193 e. The van der Waals surface area contributed by atoms with E-state index < -0.39 is 28.6 Å². The maximum Gasteiger partial charge on any atom is 0.193 e. The second kappa shape index (κ2) is 4.48. The Bertz CT molecular complexity index is 595. The van der Waals surface area contributed by atoms with Gasteiger partial charge in [-0.3, -0.25) is 9.59 Å². The van der Waals surface area contributed by atoms with E-state index in [1.54, 1.807) is 38.1 Å². The predicted octanol–water partition coefficient (Wildman–Crippen LogP) is 1.98. The lowest BCUT2D eigenvalue weighted by Gasteiger charge is -2.47. The number of rotatable bonds is 0. The minimum absolute atomic E-state index is 0.224. The van der Waals surface area contributed by atoms with Gasteiger partial charge in [0.1, 0.15) is 6.10 Å². The molecule has 1 saturated heterocycles. The largest absolute Gasteiger partial charge is 0.391 e. The molecule has 1 aliphatic heterocycles. The standard InChI is InChI=1S/C15H15BrO4/c1-15(2)14(16)12(19)9-10(17)7-5-3-4-6-8(7)11(18)13(9)20-15/h3-6,9,12-14,19H,1-2H3/t9?,12-,13?,14+/m0/s1. The molecule has 2 unspecified atom stereocenters. The molecule has 1 aliphatic carbocycles. The topological polar surface area (TPSA) is 63.6 Å². The summed E-state index contributed by atoms with van der Waals surface area (Å²) in [5.41, 5.74) is 0.0404. The van der Waals surface area contributed by atoms with Gasteiger partial charge in [-0.05, 0) is 13.8 Å². The third kappa shape index (κ3) is 1.80. The van der Waals surface area contributed by atoms with Crippen molar-refractivity contribution in [3.8, 4) is 0 Å². The fourth-order valence-electron chi connectivity index (χ4n) is 2.99. The number of aliphatic hydroxyl groups excluding tert-OH is 1. The van der Waals surface area contributed by atoms with E-state index in [1.165, 1.54) is 0 Å². The summed E-state index contributed by atoms with van der Waals surface area (Å²) in [5, 5.41) is 10.4. The molecule has 4 atom stereocenters. The van der Waals surface area contributed by atoms with Crippen LogP contribution in [0.4, 0.5) is 0 Å². The fourth-order valence-corrected chi connectivity index (χ4v) is 3.43. The SMILES string of the molecule is CC1(C)OC2C(=O)c3ccccc3C(=O)C2[C@H](O)[C@H]1Br. The predicted molar refractivity (Wildman–Crippen MR) is 76.3 cm³/mol. The van der Waals surface area contributed by atoms with Gasteiger partial charge in [0.15, 0.2) is 11.6 Å². The van der Waals surface area contributed by atoms with Crippen LogP contribution in [0.5, 0.6) is 0 Å². The molecular formula is C15H15BrO4. The highest BCUT2D eigenvalue weighted by molar-refractivity contribution is 9.09. The number of alkyl halides is 1. The summed E-state index contributed by atoms with van der Waals surface area (Å²) in [6, 6.07) is 6.70. The summed E-state index contributed by atoms with van der Waals surface area (Å²) in [6.45, 7) is 3.59. The minimum Gasteiger partial charge on any atom is -0.391 e. The molecule has 5 heteroatoms. The van der Waals surface area contributed by atoms with E-state index in [2.05, 4.69) is 15.9 Å². The molecule has 0 aromatic heterocycles. The summed E-state index contributed by atoms with van der Waals surface area (Å²) in [4.78, 5) is 24.7. The summed E-state index contributed by atoms with van der Waals surface area (Å²) >= 11 is 3.39. The Hall–Kier alpha value is -1.04. The zero-order valence-corrected chi connectivity index (χ0v) is 12.8. The lowest BCUT2D eigenvalue weighted by molar-refractivity contribution is -0.142. The third-order valence-corrected chi connectivity index (χ3v) is 5.75. The second-order valence-corrected chi connectivity index (χ2v) is 6.82. The number of aliphatic hydroxyl groups is 1. The van der Waals surface area contributed by atoms with Crippen molar-refractivity contribution < 1.29 is 19.4 Å². The number of Topliss-reactive ketones (excluding diaryl/α,β-unsaturated/α-hetero) is 2. The van der Waals surface area contributed by atoms with Crippen molar-refractivity contribution in [1.82, 2.24) is 0 Å². The molecule has 3 rings (SSSR count). The van der Waals surface area contributed by atoms with Gasteiger partial charge in [-0.25, -0.2) is 0 Å². The van der Waals surface area contributed by atoms with E-state index in [-0.39, 0.29) is 11.6 Å². The van der Waals surface area contributed by atoms with Crippen LogP contribution >= 0.6 is 15.9 Å². The number of ketones is 2. The highest BCUT2D eigenvalue weighted by Crippen LogP contribution is 2.42. The average molecular weight is 339 g/mol. The lowest BCUT2D eigenvalue weighted by Crippen LogP contribution is -2.62. The average Bonchev–Trinajstić information content (AvgIpc) is 2.42. The van der Waals surface area contributed by atoms with E-state index in [9.17, 15) is 14.7 Å². The molecule has 1 fully saturated rings. The zero-order chi connectivity index (χ0) is 14.7. The van der Waals surface area contributed by atoms with Gasteiger partial charge in [-0.2, -0.15) is 0 Å². The van der Waals surface area contributed by atoms with Crippen molar-refractivity contribution in [2.45, 2.75) is 36.5 Å². The van der Waals surface area contributed by atoms with Crippen molar-refractivity contribution >= 4 is 27.5 Å². The molecule has 0 radical (unpaired) electrons. The van der Waals surface area contributed by atoms with Crippen LogP contribution in [-0.2, 0) is 4.74 Å². The van der Waals surface area contributed by atoms with Gasteiger partial charge < -0.3 is 9.84 Å². The van der Waals surface area contributed by atoms with Gasteiger partial charge >= 0.3 is 0 Å². The van der Waals surface area contributed by atoms with Gasteiger partial charge in [0.2, 0.25) is 0 Å². The molecule has 106 valence electrons. The third-order valence-electron chi connectivity index (χ3n) is 4.11. The number of carbonyl (C=O) groups is 2. The van der Waals surface area contributed by atoms with Crippen molar-refractivity contribution in [2.24, 2.45) is 5.92 Å². The van der Waals surface area contributed by atoms with Crippen LogP contribution in [0.15, 0.2) is 24.3 Å². The maximum absolute atomic E-state index is 12.6. The number of hydrogen-bond donors (Lipinski definition) is 1. The van der Waals surface area contributed by atoms with E-state index in [4.69, 9.17) is 4.74 Å². The fraction of sp³-hybridized carbons (Fsp3) is 0.467. The normalized spacial score (nSPS) is 35.4. The number of ether oxygens (including phenoxy) is 1. The number of carbonyl (C=O) groups excluding carboxylic acids is 2. The molecule has 1 N–H and O–H groups in total. The molecule has 1 heterocycles. The molecule has 0 bridgehead atoms. The van der Waals surface area contributed by atoms with Crippen LogP contribution in [0.25, 0.3) is 0 Å². The van der Waals surface area contributed by atoms with E-state index in [1.807, 2.05) is 0 Å². The first-order valence-corrected chi connectivity index (χ1v) is 7.43. The summed E-state index contributed by atoms with van der Waals surface area (Å²) in [6.07, 6.45) is -1.86. The molecular weight excluding hydrogens is 324 g/mol. The van der Waals surface area contributed by atoms with Crippen LogP contribution < -0.4 is 0 Å². The summed E-state index contributed by atoms with van der Waals surface area (Å²) in [7, 11) is 0. The number of halogens is 1. The summed E-state index contributed by atoms with van der Waals surface area (Å²) in [5.74, 6) is -1.29. The van der Waals surface area contributed by atoms with Crippen molar-refractivity contribution in [3.05, 3.63) is 35.4 Å². The van der Waals surface area contributed by atoms with Crippen molar-refractivity contribution in [2.75, 3.05) is 0 Å². The van der Waals surface area contributed by atoms with Crippen molar-refractivity contribution in [1.29, 1.82) is 0 Å². The van der Waals surface area contributed by atoms with Crippen LogP contribution in [0.2, 0.25) is 0 Å². The Morgan fingerprint density at radius 2 is 1.70 bits per heavy atom. The minimum atomic E-state index is -0.950. The lowest BCUT2D eigenvalue weighted by atomic mass is 9.72. The van der Waals surface area contributed by atoms with E-state index in [0.29, 0.717) is 11.1 Å². The first-order chi connectivity index (χ1) is 9.34. The quantitative estimate of drug-likeness (QED) is 0.734. The van der Waals surface area contributed by atoms with Crippen LogP contribution in [0.3, 0.4) is 0 Å². The van der Waals surface area contributed by atoms with E-state index in [0.717, 1.165) is 0 Å². The molecule has 20 heavy (non-hydrogen) atoms. The molecule has 2 aliphatic rings. The Balaban J connectivity index is 2.13. The zero-order valence-electron chi connectivity index (χ0n) is 11.2. The highest BCUT2D eigenvalue weighted by atomic mass is 79.9. The highest BCUT2D eigenvalue weighted by Gasteiger charge is 2.55. The first-order valence-electron chi connectivity index (χ1n) is 6.52. The van der Waals surface area contributed by atoms with Crippen LogP contribution in [-0.4, -0.2) is 39.3 Å². The molecule has 1 aromatic carbocycles. The molecule has 0 saturated carbocycles. The van der Waals surface area contributed by atoms with Gasteiger partial charge in [0, 0.05) is 11.1 Å². The van der Waals surface area contributed by atoms with Crippen molar-refractivity contribution in [3.63, 3.8) is 0 Å².